The molecule has 0 atom stereocenters. The lowest BCUT2D eigenvalue weighted by Gasteiger charge is -2.29. The Kier molecular flexibility index (Phi) is 5.06. The second-order valence-corrected chi connectivity index (χ2v) is 7.28. The van der Waals surface area contributed by atoms with Crippen molar-refractivity contribution >= 4 is 17.4 Å². The number of halogens is 2. The molecule has 8 heteroatoms. The Bertz CT molecular complexity index is 979. The number of fused-ring (bicyclic) bond motifs is 1. The van der Waals surface area contributed by atoms with Crippen LogP contribution in [0.15, 0.2) is 24.4 Å². The summed E-state index contributed by atoms with van der Waals surface area (Å²) in [5.41, 5.74) is 1.53. The summed E-state index contributed by atoms with van der Waals surface area (Å²) in [7, 11) is 0. The van der Waals surface area contributed by atoms with Gasteiger partial charge in [0.1, 0.15) is 11.3 Å². The Morgan fingerprint density at radius 3 is 2.64 bits per heavy atom. The summed E-state index contributed by atoms with van der Waals surface area (Å²) in [5, 5.41) is 7.13. The predicted octanol–water partition coefficient (Wildman–Crippen LogP) is 3.33. The van der Waals surface area contributed by atoms with Gasteiger partial charge in [-0.3, -0.25) is 9.89 Å². The lowest BCUT2D eigenvalue weighted by atomic mass is 9.82. The van der Waals surface area contributed by atoms with Gasteiger partial charge in [0.15, 0.2) is 11.6 Å². The number of aromatic nitrogens is 2. The van der Waals surface area contributed by atoms with Gasteiger partial charge in [-0.2, -0.15) is 5.10 Å². The summed E-state index contributed by atoms with van der Waals surface area (Å²) in [6.45, 7) is 7.73. The quantitative estimate of drug-likeness (QED) is 0.817. The van der Waals surface area contributed by atoms with E-state index in [-0.39, 0.29) is 24.3 Å². The van der Waals surface area contributed by atoms with Gasteiger partial charge in [0.2, 0.25) is 0 Å². The Hall–Kier alpha value is -3.03. The number of carbonyl (C=O) groups excluding carboxylic acids is 2. The van der Waals surface area contributed by atoms with Gasteiger partial charge in [-0.05, 0) is 32.0 Å². The summed E-state index contributed by atoms with van der Waals surface area (Å²) in [6, 6.07) is 2.95. The van der Waals surface area contributed by atoms with E-state index in [9.17, 15) is 18.4 Å². The number of benzene rings is 1. The van der Waals surface area contributed by atoms with Crippen LogP contribution in [0.25, 0.3) is 5.57 Å². The SMILES string of the molecule is CCOC(=O)C1=CN(C(=O)c2ccc(F)c(F)c2)CC(C)(C)c2c1n[nH]c2C. The monoisotopic (exact) mass is 389 g/mol. The normalized spacial score (nSPS) is 15.5. The maximum Gasteiger partial charge on any atom is 0.341 e. The highest BCUT2D eigenvalue weighted by molar-refractivity contribution is 6.17. The molecule has 0 unspecified atom stereocenters. The second-order valence-electron chi connectivity index (χ2n) is 7.28. The van der Waals surface area contributed by atoms with Crippen LogP contribution in [0, 0.1) is 18.6 Å². The Morgan fingerprint density at radius 2 is 2.00 bits per heavy atom. The first kappa shape index (κ1) is 19.7. The number of hydrogen-bond acceptors (Lipinski definition) is 4. The van der Waals surface area contributed by atoms with Crippen LogP contribution in [0.3, 0.4) is 0 Å². The molecule has 2 aromatic rings. The number of hydrogen-bond donors (Lipinski definition) is 1. The summed E-state index contributed by atoms with van der Waals surface area (Å²) >= 11 is 0. The lowest BCUT2D eigenvalue weighted by molar-refractivity contribution is -0.136. The molecule has 3 rings (SSSR count). The van der Waals surface area contributed by atoms with Crippen LogP contribution in [0.4, 0.5) is 8.78 Å². The first-order valence-electron chi connectivity index (χ1n) is 8.86. The van der Waals surface area contributed by atoms with E-state index in [2.05, 4.69) is 10.2 Å². The zero-order valence-electron chi connectivity index (χ0n) is 16.1. The number of nitrogens with zero attached hydrogens (tertiary/aromatic N) is 2. The van der Waals surface area contributed by atoms with E-state index >= 15 is 0 Å². The zero-order valence-corrected chi connectivity index (χ0v) is 16.1. The van der Waals surface area contributed by atoms with E-state index in [1.807, 2.05) is 20.8 Å². The molecule has 0 radical (unpaired) electrons. The molecule has 148 valence electrons. The van der Waals surface area contributed by atoms with Gasteiger partial charge >= 0.3 is 5.97 Å². The van der Waals surface area contributed by atoms with Gasteiger partial charge in [0.25, 0.3) is 5.91 Å². The van der Waals surface area contributed by atoms with Crippen molar-refractivity contribution in [2.75, 3.05) is 13.2 Å². The largest absolute Gasteiger partial charge is 0.462 e. The zero-order chi connectivity index (χ0) is 20.6. The number of esters is 1. The van der Waals surface area contributed by atoms with Crippen LogP contribution in [0.2, 0.25) is 0 Å². The molecule has 6 nitrogen and oxygen atoms in total. The number of nitrogens with one attached hydrogen (secondary N) is 1. The van der Waals surface area contributed by atoms with E-state index < -0.39 is 28.9 Å². The van der Waals surface area contributed by atoms with Crippen molar-refractivity contribution in [3.8, 4) is 0 Å². The maximum absolute atomic E-state index is 13.6. The summed E-state index contributed by atoms with van der Waals surface area (Å²) in [4.78, 5) is 26.9. The number of rotatable bonds is 3. The maximum atomic E-state index is 13.6. The van der Waals surface area contributed by atoms with E-state index in [0.717, 1.165) is 23.4 Å². The third kappa shape index (κ3) is 3.42. The first-order valence-corrected chi connectivity index (χ1v) is 8.86. The lowest BCUT2D eigenvalue weighted by Crippen LogP contribution is -2.37. The average molecular weight is 389 g/mol. The molecular weight excluding hydrogens is 368 g/mol. The number of aryl methyl sites for hydroxylation is 1. The van der Waals surface area contributed by atoms with Crippen LogP contribution in [-0.2, 0) is 14.9 Å². The van der Waals surface area contributed by atoms with Crippen molar-refractivity contribution in [3.63, 3.8) is 0 Å². The third-order valence-corrected chi connectivity index (χ3v) is 4.65. The molecule has 1 aliphatic heterocycles. The van der Waals surface area contributed by atoms with Crippen LogP contribution in [-0.4, -0.2) is 40.1 Å². The molecule has 28 heavy (non-hydrogen) atoms. The van der Waals surface area contributed by atoms with E-state index in [4.69, 9.17) is 4.74 Å². The average Bonchev–Trinajstić information content (AvgIpc) is 2.96. The molecule has 1 aliphatic rings. The smallest absolute Gasteiger partial charge is 0.341 e. The van der Waals surface area contributed by atoms with Crippen LogP contribution in [0.5, 0.6) is 0 Å². The van der Waals surface area contributed by atoms with Crippen LogP contribution < -0.4 is 0 Å². The van der Waals surface area contributed by atoms with Crippen molar-refractivity contribution in [3.05, 3.63) is 58.5 Å². The number of ether oxygens (including phenoxy) is 1. The fourth-order valence-corrected chi connectivity index (χ4v) is 3.50. The molecule has 1 N–H and O–H groups in total. The minimum absolute atomic E-state index is 0.0213. The van der Waals surface area contributed by atoms with Gasteiger partial charge in [0.05, 0.1) is 6.61 Å². The molecule has 0 bridgehead atoms. The summed E-state index contributed by atoms with van der Waals surface area (Å²) < 4.78 is 32.0. The fourth-order valence-electron chi connectivity index (χ4n) is 3.50. The van der Waals surface area contributed by atoms with Crippen LogP contribution >= 0.6 is 0 Å². The van der Waals surface area contributed by atoms with Crippen molar-refractivity contribution in [2.24, 2.45) is 0 Å². The minimum atomic E-state index is -1.11. The number of H-pyrrole nitrogens is 1. The van der Waals surface area contributed by atoms with Gasteiger partial charge < -0.3 is 9.64 Å². The van der Waals surface area contributed by atoms with Gasteiger partial charge in [0, 0.05) is 35.0 Å². The predicted molar refractivity (Wildman–Crippen MR) is 98.4 cm³/mol. The molecule has 0 saturated carbocycles. The van der Waals surface area contributed by atoms with E-state index in [1.54, 1.807) is 6.92 Å². The minimum Gasteiger partial charge on any atom is -0.462 e. The standard InChI is InChI=1S/C20H21F2N3O3/c1-5-28-19(27)13-9-25(18(26)12-6-7-14(21)15(22)8-12)10-20(3,4)16-11(2)23-24-17(13)16/h6-9H,5,10H2,1-4H3,(H,23,24). The fraction of sp³-hybridized carbons (Fsp3) is 0.350. The highest BCUT2D eigenvalue weighted by Crippen LogP contribution is 2.36. The third-order valence-electron chi connectivity index (χ3n) is 4.65. The number of aromatic amines is 1. The first-order chi connectivity index (χ1) is 13.2. The Balaban J connectivity index is 2.11. The van der Waals surface area contributed by atoms with Crippen molar-refractivity contribution in [2.45, 2.75) is 33.1 Å². The van der Waals surface area contributed by atoms with Gasteiger partial charge in [-0.15, -0.1) is 0 Å². The molecular formula is C20H21F2N3O3. The van der Waals surface area contributed by atoms with Gasteiger partial charge in [-0.1, -0.05) is 13.8 Å². The molecule has 0 aliphatic carbocycles. The van der Waals surface area contributed by atoms with E-state index in [1.165, 1.54) is 17.2 Å². The number of amides is 1. The van der Waals surface area contributed by atoms with Crippen molar-refractivity contribution in [1.82, 2.24) is 15.1 Å². The topological polar surface area (TPSA) is 75.3 Å². The summed E-state index contributed by atoms with van der Waals surface area (Å²) in [6.07, 6.45) is 1.37. The Morgan fingerprint density at radius 1 is 1.29 bits per heavy atom. The van der Waals surface area contributed by atoms with Gasteiger partial charge in [-0.25, -0.2) is 13.6 Å². The molecule has 0 spiro atoms. The molecule has 1 aromatic heterocycles. The highest BCUT2D eigenvalue weighted by atomic mass is 19.2. The summed E-state index contributed by atoms with van der Waals surface area (Å²) in [5.74, 6) is -3.32. The Labute approximate surface area is 161 Å². The highest BCUT2D eigenvalue weighted by Gasteiger charge is 2.38. The number of carbonyl (C=O) groups is 2. The van der Waals surface area contributed by atoms with E-state index in [0.29, 0.717) is 5.69 Å². The molecule has 1 aromatic carbocycles. The molecule has 2 heterocycles. The second kappa shape index (κ2) is 7.18. The van der Waals surface area contributed by atoms with Crippen molar-refractivity contribution in [1.29, 1.82) is 0 Å². The molecule has 1 amide bonds. The molecule has 0 fully saturated rings. The van der Waals surface area contributed by atoms with Crippen molar-refractivity contribution < 1.29 is 23.1 Å². The van der Waals surface area contributed by atoms with Crippen LogP contribution in [0.1, 0.15) is 48.1 Å². The molecule has 0 saturated heterocycles.